The molecule has 3 rings (SSSR count). The van der Waals surface area contributed by atoms with Gasteiger partial charge < -0.3 is 0 Å². The van der Waals surface area contributed by atoms with Crippen molar-refractivity contribution >= 4 is 40.7 Å². The molecule has 2 unspecified atom stereocenters. The van der Waals surface area contributed by atoms with E-state index in [4.69, 9.17) is 23.2 Å². The zero-order valence-electron chi connectivity index (χ0n) is 10.2. The van der Waals surface area contributed by atoms with E-state index in [0.717, 1.165) is 25.7 Å². The van der Waals surface area contributed by atoms with Gasteiger partial charge in [0.2, 0.25) is 11.8 Å². The Morgan fingerprint density at radius 3 is 2.16 bits per heavy atom. The number of hydrogen-bond acceptors (Lipinski definition) is 2. The van der Waals surface area contributed by atoms with Gasteiger partial charge in [-0.2, -0.15) is 0 Å². The third-order valence-corrected chi connectivity index (χ3v) is 4.54. The molecule has 1 saturated heterocycles. The Morgan fingerprint density at radius 2 is 1.58 bits per heavy atom. The average Bonchev–Trinajstić information content (AvgIpc) is 2.66. The van der Waals surface area contributed by atoms with Gasteiger partial charge >= 0.3 is 0 Å². The van der Waals surface area contributed by atoms with Crippen LogP contribution in [0.1, 0.15) is 25.7 Å². The zero-order chi connectivity index (χ0) is 13.6. The Morgan fingerprint density at radius 1 is 1.00 bits per heavy atom. The lowest BCUT2D eigenvalue weighted by atomic mass is 9.81. The van der Waals surface area contributed by atoms with Crippen LogP contribution >= 0.6 is 23.2 Å². The summed E-state index contributed by atoms with van der Waals surface area (Å²) >= 11 is 12.0. The second kappa shape index (κ2) is 4.80. The van der Waals surface area contributed by atoms with Crippen molar-refractivity contribution in [2.75, 3.05) is 4.90 Å². The fourth-order valence-corrected chi connectivity index (χ4v) is 3.43. The van der Waals surface area contributed by atoms with Crippen molar-refractivity contribution in [2.45, 2.75) is 25.7 Å². The van der Waals surface area contributed by atoms with Crippen LogP contribution in [0.5, 0.6) is 0 Å². The maximum Gasteiger partial charge on any atom is 0.237 e. The number of nitrogens with zero attached hydrogens (tertiary/aromatic N) is 1. The first-order chi connectivity index (χ1) is 9.09. The first-order valence-electron chi connectivity index (χ1n) is 6.42. The van der Waals surface area contributed by atoms with Crippen LogP contribution in [0.15, 0.2) is 18.2 Å². The standard InChI is InChI=1S/C14H13Cl2NO2/c15-8-5-6-11(16)12(7-8)17-13(18)9-3-1-2-4-10(9)14(17)19/h5-7,9-10H,1-4H2. The highest BCUT2D eigenvalue weighted by Gasteiger charge is 2.49. The molecule has 1 aromatic rings. The molecular formula is C14H13Cl2NO2. The first kappa shape index (κ1) is 12.9. The number of halogens is 2. The lowest BCUT2D eigenvalue weighted by molar-refractivity contribution is -0.122. The van der Waals surface area contributed by atoms with Gasteiger partial charge in [0, 0.05) is 5.02 Å². The number of rotatable bonds is 1. The van der Waals surface area contributed by atoms with Crippen LogP contribution in [0.3, 0.4) is 0 Å². The van der Waals surface area contributed by atoms with Crippen LogP contribution in [0, 0.1) is 11.8 Å². The smallest absolute Gasteiger partial charge is 0.237 e. The Labute approximate surface area is 121 Å². The highest BCUT2D eigenvalue weighted by molar-refractivity contribution is 6.37. The number of carbonyl (C=O) groups excluding carboxylic acids is 2. The molecule has 0 aromatic heterocycles. The van der Waals surface area contributed by atoms with Gasteiger partial charge in [0.15, 0.2) is 0 Å². The molecule has 5 heteroatoms. The molecule has 1 aliphatic heterocycles. The predicted molar refractivity (Wildman–Crippen MR) is 74.4 cm³/mol. The molecule has 1 aromatic carbocycles. The molecule has 2 amide bonds. The zero-order valence-corrected chi connectivity index (χ0v) is 11.7. The minimum atomic E-state index is -0.170. The summed E-state index contributed by atoms with van der Waals surface area (Å²) < 4.78 is 0. The number of benzene rings is 1. The summed E-state index contributed by atoms with van der Waals surface area (Å²) in [4.78, 5) is 26.1. The molecule has 2 aliphatic rings. The summed E-state index contributed by atoms with van der Waals surface area (Å²) in [6, 6.07) is 4.84. The molecule has 19 heavy (non-hydrogen) atoms. The molecular weight excluding hydrogens is 285 g/mol. The van der Waals surface area contributed by atoms with Gasteiger partial charge in [-0.15, -0.1) is 0 Å². The quantitative estimate of drug-likeness (QED) is 0.742. The second-order valence-electron chi connectivity index (χ2n) is 5.11. The molecule has 0 spiro atoms. The largest absolute Gasteiger partial charge is 0.274 e. The van der Waals surface area contributed by atoms with E-state index in [1.807, 2.05) is 0 Å². The Hall–Kier alpha value is -1.06. The monoisotopic (exact) mass is 297 g/mol. The highest BCUT2D eigenvalue weighted by atomic mass is 35.5. The van der Waals surface area contributed by atoms with Crippen molar-refractivity contribution in [2.24, 2.45) is 11.8 Å². The molecule has 2 fully saturated rings. The predicted octanol–water partition coefficient (Wildman–Crippen LogP) is 3.67. The minimum Gasteiger partial charge on any atom is -0.274 e. The van der Waals surface area contributed by atoms with Gasteiger partial charge in [0.05, 0.1) is 22.5 Å². The van der Waals surface area contributed by atoms with E-state index in [1.54, 1.807) is 18.2 Å². The Bertz CT molecular complexity index is 534. The topological polar surface area (TPSA) is 37.4 Å². The molecule has 1 heterocycles. The van der Waals surface area contributed by atoms with Crippen molar-refractivity contribution in [1.82, 2.24) is 0 Å². The molecule has 0 bridgehead atoms. The third-order valence-electron chi connectivity index (χ3n) is 3.99. The van der Waals surface area contributed by atoms with Crippen LogP contribution < -0.4 is 4.90 Å². The van der Waals surface area contributed by atoms with Crippen LogP contribution in [0.4, 0.5) is 5.69 Å². The number of amides is 2. The number of imide groups is 1. The molecule has 1 aliphatic carbocycles. The molecule has 100 valence electrons. The second-order valence-corrected chi connectivity index (χ2v) is 5.95. The van der Waals surface area contributed by atoms with E-state index in [1.165, 1.54) is 4.90 Å². The van der Waals surface area contributed by atoms with E-state index < -0.39 is 0 Å². The number of fused-ring (bicyclic) bond motifs is 1. The Balaban J connectivity index is 2.03. The van der Waals surface area contributed by atoms with E-state index >= 15 is 0 Å². The van der Waals surface area contributed by atoms with Gasteiger partial charge in [0.25, 0.3) is 0 Å². The number of anilines is 1. The highest BCUT2D eigenvalue weighted by Crippen LogP contribution is 2.42. The lowest BCUT2D eigenvalue weighted by Crippen LogP contribution is -2.31. The maximum absolute atomic E-state index is 12.4. The van der Waals surface area contributed by atoms with Gasteiger partial charge in [-0.25, -0.2) is 4.90 Å². The summed E-state index contributed by atoms with van der Waals surface area (Å²) in [5, 5.41) is 0.847. The summed E-state index contributed by atoms with van der Waals surface area (Å²) in [5.41, 5.74) is 0.415. The maximum atomic E-state index is 12.4. The summed E-state index contributed by atoms with van der Waals surface area (Å²) in [6.07, 6.45) is 3.61. The summed E-state index contributed by atoms with van der Waals surface area (Å²) in [7, 11) is 0. The van der Waals surface area contributed by atoms with Crippen molar-refractivity contribution in [1.29, 1.82) is 0 Å². The van der Waals surface area contributed by atoms with E-state index in [2.05, 4.69) is 0 Å². The third kappa shape index (κ3) is 2.05. The van der Waals surface area contributed by atoms with Gasteiger partial charge in [-0.3, -0.25) is 9.59 Å². The van der Waals surface area contributed by atoms with E-state index in [-0.39, 0.29) is 23.7 Å². The van der Waals surface area contributed by atoms with Crippen LogP contribution in [0.25, 0.3) is 0 Å². The number of hydrogen-bond donors (Lipinski definition) is 0. The summed E-state index contributed by atoms with van der Waals surface area (Å²) in [5.74, 6) is -0.592. The molecule has 0 N–H and O–H groups in total. The SMILES string of the molecule is O=C1C2CCCCC2C(=O)N1c1cc(Cl)ccc1Cl. The fraction of sp³-hybridized carbons (Fsp3) is 0.429. The van der Waals surface area contributed by atoms with E-state index in [9.17, 15) is 9.59 Å². The number of carbonyl (C=O) groups is 2. The van der Waals surface area contributed by atoms with Crippen LogP contribution in [-0.2, 0) is 9.59 Å². The molecule has 0 radical (unpaired) electrons. The van der Waals surface area contributed by atoms with Crippen molar-refractivity contribution < 1.29 is 9.59 Å². The van der Waals surface area contributed by atoms with Crippen LogP contribution in [0.2, 0.25) is 10.0 Å². The van der Waals surface area contributed by atoms with Crippen molar-refractivity contribution in [3.8, 4) is 0 Å². The molecule has 3 nitrogen and oxygen atoms in total. The first-order valence-corrected chi connectivity index (χ1v) is 7.18. The fourth-order valence-electron chi connectivity index (χ4n) is 3.06. The minimum absolute atomic E-state index is 0.126. The van der Waals surface area contributed by atoms with Gasteiger partial charge in [-0.1, -0.05) is 36.0 Å². The summed E-state index contributed by atoms with van der Waals surface area (Å²) in [6.45, 7) is 0. The molecule has 2 atom stereocenters. The lowest BCUT2D eigenvalue weighted by Gasteiger charge is -2.19. The van der Waals surface area contributed by atoms with Crippen LogP contribution in [-0.4, -0.2) is 11.8 Å². The van der Waals surface area contributed by atoms with E-state index in [0.29, 0.717) is 15.7 Å². The van der Waals surface area contributed by atoms with Crippen molar-refractivity contribution in [3.63, 3.8) is 0 Å². The molecule has 1 saturated carbocycles. The van der Waals surface area contributed by atoms with Crippen molar-refractivity contribution in [3.05, 3.63) is 28.2 Å². The normalized spacial score (nSPS) is 26.7. The Kier molecular flexibility index (Phi) is 3.27. The van der Waals surface area contributed by atoms with Gasteiger partial charge in [-0.05, 0) is 31.0 Å². The van der Waals surface area contributed by atoms with Gasteiger partial charge in [0.1, 0.15) is 0 Å². The average molecular weight is 298 g/mol.